The average Bonchev–Trinajstić information content (AvgIpc) is 2.17. The van der Waals surface area contributed by atoms with E-state index in [1.807, 2.05) is 0 Å². The molecule has 0 bridgehead atoms. The van der Waals surface area contributed by atoms with Crippen LogP contribution in [0.2, 0.25) is 0 Å². The zero-order valence-electron chi connectivity index (χ0n) is 4.90. The van der Waals surface area contributed by atoms with Gasteiger partial charge in [-0.05, 0) is 12.8 Å². The first-order chi connectivity index (χ1) is 3.91. The molecule has 0 radical (unpaired) electrons. The van der Waals surface area contributed by atoms with Crippen LogP contribution in [0.1, 0.15) is 12.8 Å². The van der Waals surface area contributed by atoms with Crippen LogP contribution in [-0.4, -0.2) is 13.2 Å². The van der Waals surface area contributed by atoms with Gasteiger partial charge < -0.3 is 4.74 Å². The molecule has 0 aromatic carbocycles. The molecule has 1 rings (SSSR count). The Hall–Kier alpha value is 1.38. The Kier molecular flexibility index (Phi) is 17.5. The number of hydrogen-bond donors (Lipinski definition) is 0. The molecule has 0 aromatic rings. The Balaban J connectivity index is 0. The Morgan fingerprint density at radius 2 is 1.44 bits per heavy atom. The molecule has 0 aliphatic carbocycles. The second-order valence-electron chi connectivity index (χ2n) is 1.38. The largest absolute Gasteiger partial charge is 0.381 e. The molecule has 5 heteroatoms. The fourth-order valence-corrected chi connectivity index (χ4v) is 0.510. The molecule has 1 saturated heterocycles. The second-order valence-corrected chi connectivity index (χ2v) is 1.84. The van der Waals surface area contributed by atoms with E-state index in [9.17, 15) is 0 Å². The molecule has 0 atom stereocenters. The smallest absolute Gasteiger partial charge is 0.0832 e. The van der Waals surface area contributed by atoms with E-state index in [4.69, 9.17) is 4.74 Å². The van der Waals surface area contributed by atoms with Gasteiger partial charge in [0.05, 0.1) is 23.7 Å². The third-order valence-electron chi connectivity index (χ3n) is 0.827. The van der Waals surface area contributed by atoms with E-state index in [0.717, 1.165) is 13.2 Å². The molecule has 9 heavy (non-hydrogen) atoms. The molecule has 0 unspecified atom stereocenters. The molecular formula is C4H8Cl2O2Zr. The van der Waals surface area contributed by atoms with Crippen LogP contribution in [0.15, 0.2) is 0 Å². The average molecular weight is 250 g/mol. The minimum atomic E-state index is 0. The van der Waals surface area contributed by atoms with Crippen molar-refractivity contribution in [3.05, 3.63) is 0 Å². The normalized spacial score (nSPS) is 15.3. The summed E-state index contributed by atoms with van der Waals surface area (Å²) < 4.78 is 8.14. The predicted octanol–water partition coefficient (Wildman–Crippen LogP) is 2.10. The quantitative estimate of drug-likeness (QED) is 0.655. The second kappa shape index (κ2) is 12.1. The van der Waals surface area contributed by atoms with Crippen molar-refractivity contribution in [2.45, 2.75) is 12.8 Å². The van der Waals surface area contributed by atoms with E-state index in [2.05, 4.69) is 27.6 Å². The Morgan fingerprint density at radius 3 is 1.56 bits per heavy atom. The van der Waals surface area contributed by atoms with Crippen LogP contribution in [-0.2, 0) is 34.8 Å². The van der Waals surface area contributed by atoms with Gasteiger partial charge in [-0.1, -0.05) is 0 Å². The molecule has 0 saturated carbocycles. The van der Waals surface area contributed by atoms with Gasteiger partial charge in [0, 0.05) is 39.4 Å². The number of ether oxygens (including phenoxy) is 1. The Bertz CT molecular complexity index is 35.9. The summed E-state index contributed by atoms with van der Waals surface area (Å²) in [4.78, 5) is 0. The van der Waals surface area contributed by atoms with Gasteiger partial charge in [0.2, 0.25) is 0 Å². The van der Waals surface area contributed by atoms with Gasteiger partial charge in [-0.25, -0.2) is 0 Å². The van der Waals surface area contributed by atoms with Crippen molar-refractivity contribution in [2.24, 2.45) is 0 Å². The van der Waals surface area contributed by atoms with Crippen LogP contribution < -0.4 is 0 Å². The van der Waals surface area contributed by atoms with E-state index in [1.165, 1.54) is 12.8 Å². The number of rotatable bonds is 0. The van der Waals surface area contributed by atoms with E-state index in [-0.39, 0.29) is 26.2 Å². The van der Waals surface area contributed by atoms with Crippen molar-refractivity contribution >= 4 is 23.7 Å². The maximum Gasteiger partial charge on any atom is 0.0832 e. The van der Waals surface area contributed by atoms with Gasteiger partial charge in [-0.15, -0.1) is 0 Å². The van der Waals surface area contributed by atoms with Crippen LogP contribution in [0, 0.1) is 0 Å². The molecule has 1 aliphatic heterocycles. The zero-order chi connectivity index (χ0) is 6.24. The van der Waals surface area contributed by atoms with Crippen molar-refractivity contribution in [1.82, 2.24) is 0 Å². The van der Waals surface area contributed by atoms with E-state index in [0.29, 0.717) is 0 Å². The van der Waals surface area contributed by atoms with Gasteiger partial charge >= 0.3 is 0 Å². The van der Waals surface area contributed by atoms with E-state index in [1.54, 1.807) is 0 Å². The van der Waals surface area contributed by atoms with Crippen LogP contribution in [0.5, 0.6) is 0 Å². The first-order valence-corrected chi connectivity index (χ1v) is 3.00. The summed E-state index contributed by atoms with van der Waals surface area (Å²) in [6, 6.07) is 0. The fraction of sp³-hybridized carbons (Fsp3) is 1.00. The molecule has 1 aliphatic rings. The minimum absolute atomic E-state index is 0. The predicted molar refractivity (Wildman–Crippen MR) is 32.8 cm³/mol. The fourth-order valence-electron chi connectivity index (χ4n) is 0.510. The van der Waals surface area contributed by atoms with Gasteiger partial charge in [0.1, 0.15) is 0 Å². The zero-order valence-corrected chi connectivity index (χ0v) is 8.87. The summed E-state index contributed by atoms with van der Waals surface area (Å²) >= 11 is 8.53. The first kappa shape index (κ1) is 13.0. The number of hydrogen-bond acceptors (Lipinski definition) is 2. The van der Waals surface area contributed by atoms with E-state index >= 15 is 0 Å². The van der Waals surface area contributed by atoms with E-state index < -0.39 is 0 Å². The molecule has 0 N–H and O–H groups in total. The minimum Gasteiger partial charge on any atom is -0.381 e. The summed E-state index contributed by atoms with van der Waals surface area (Å²) in [5, 5.41) is 0. The maximum absolute atomic E-state index is 4.94. The van der Waals surface area contributed by atoms with Crippen LogP contribution in [0.25, 0.3) is 0 Å². The van der Waals surface area contributed by atoms with Gasteiger partial charge in [-0.3, -0.25) is 0 Å². The van der Waals surface area contributed by atoms with Crippen molar-refractivity contribution in [2.75, 3.05) is 13.2 Å². The molecule has 2 nitrogen and oxygen atoms in total. The summed E-state index contributed by atoms with van der Waals surface area (Å²) in [6.45, 7) is 2.00. The van der Waals surface area contributed by atoms with Gasteiger partial charge in [0.25, 0.3) is 0 Å². The van der Waals surface area contributed by atoms with Gasteiger partial charge in [-0.2, -0.15) is 3.84 Å². The molecule has 1 fully saturated rings. The van der Waals surface area contributed by atoms with Crippen molar-refractivity contribution in [3.63, 3.8) is 0 Å². The Labute approximate surface area is 84.3 Å². The molecule has 54 valence electrons. The summed E-state index contributed by atoms with van der Waals surface area (Å²) in [7, 11) is 0. The van der Waals surface area contributed by atoms with Crippen LogP contribution >= 0.6 is 23.7 Å². The molecule has 0 spiro atoms. The summed E-state index contributed by atoms with van der Waals surface area (Å²) in [5.74, 6) is 0. The molecular weight excluding hydrogens is 242 g/mol. The Morgan fingerprint density at radius 1 is 1.11 bits per heavy atom. The standard InChI is InChI=1S/C4H8O.Cl2O.Zr/c1-2-4-5-3-1;1-3-2;/h1-4H2;;. The topological polar surface area (TPSA) is 18.5 Å². The summed E-state index contributed by atoms with van der Waals surface area (Å²) in [6.07, 6.45) is 2.56. The van der Waals surface area contributed by atoms with Crippen molar-refractivity contribution in [1.29, 1.82) is 0 Å². The monoisotopic (exact) mass is 248 g/mol. The number of halogens is 2. The van der Waals surface area contributed by atoms with Crippen molar-refractivity contribution in [3.8, 4) is 0 Å². The van der Waals surface area contributed by atoms with Crippen LogP contribution in [0.3, 0.4) is 0 Å². The van der Waals surface area contributed by atoms with Crippen LogP contribution in [0.4, 0.5) is 0 Å². The maximum atomic E-state index is 4.94. The summed E-state index contributed by atoms with van der Waals surface area (Å²) in [5.41, 5.74) is 0. The first-order valence-electron chi connectivity index (χ1n) is 2.39. The van der Waals surface area contributed by atoms with Crippen molar-refractivity contribution < 1.29 is 34.8 Å². The third-order valence-corrected chi connectivity index (χ3v) is 0.827. The molecule has 0 amide bonds. The SMILES string of the molecule is C1CCOC1.ClOCl.[Zr]. The molecule has 1 heterocycles. The van der Waals surface area contributed by atoms with Gasteiger partial charge in [0.15, 0.2) is 0 Å². The third kappa shape index (κ3) is 12.6. The molecule has 0 aromatic heterocycles.